The van der Waals surface area contributed by atoms with E-state index in [0.717, 1.165) is 24.5 Å². The summed E-state index contributed by atoms with van der Waals surface area (Å²) in [5, 5.41) is 5.20. The molecule has 2 heterocycles. The molecular weight excluding hydrogens is 415 g/mol. The molecule has 1 aliphatic heterocycles. The molecule has 0 saturated carbocycles. The summed E-state index contributed by atoms with van der Waals surface area (Å²) < 4.78 is 13.1. The zero-order valence-electron chi connectivity index (χ0n) is 17.0. The molecule has 1 saturated heterocycles. The number of rotatable bonds is 6. The van der Waals surface area contributed by atoms with Gasteiger partial charge < -0.3 is 9.80 Å². The Morgan fingerprint density at radius 3 is 2.42 bits per heavy atom. The van der Waals surface area contributed by atoms with E-state index in [2.05, 4.69) is 15.2 Å². The monoisotopic (exact) mass is 438 g/mol. The standard InChI is InChI=1S/C23H23FN4O2S/c24-18-6-9-20(10-7-18)27-12-14-28(15-13-27)21(29)11-8-19-16-31-23(25-19)26-22(30)17-4-2-1-3-5-17/h1-7,9-10,16H,8,11-15H2,(H,25,26,30). The minimum Gasteiger partial charge on any atom is -0.368 e. The fourth-order valence-electron chi connectivity index (χ4n) is 3.50. The molecule has 0 unspecified atom stereocenters. The van der Waals surface area contributed by atoms with Crippen molar-refractivity contribution in [3.05, 3.63) is 77.1 Å². The fourth-order valence-corrected chi connectivity index (χ4v) is 4.24. The third-order valence-electron chi connectivity index (χ3n) is 5.23. The van der Waals surface area contributed by atoms with Gasteiger partial charge in [-0.15, -0.1) is 11.3 Å². The third-order valence-corrected chi connectivity index (χ3v) is 6.03. The molecule has 0 atom stereocenters. The van der Waals surface area contributed by atoms with Gasteiger partial charge in [-0.05, 0) is 42.8 Å². The second-order valence-electron chi connectivity index (χ2n) is 7.31. The molecule has 4 rings (SSSR count). The van der Waals surface area contributed by atoms with Crippen molar-refractivity contribution in [1.29, 1.82) is 0 Å². The van der Waals surface area contributed by atoms with Gasteiger partial charge in [0.25, 0.3) is 5.91 Å². The highest BCUT2D eigenvalue weighted by molar-refractivity contribution is 7.14. The van der Waals surface area contributed by atoms with Crippen LogP contribution < -0.4 is 10.2 Å². The van der Waals surface area contributed by atoms with Gasteiger partial charge in [-0.3, -0.25) is 14.9 Å². The molecular formula is C23H23FN4O2S. The summed E-state index contributed by atoms with van der Waals surface area (Å²) in [5.74, 6) is -0.347. The normalized spacial score (nSPS) is 13.8. The minimum atomic E-state index is -0.248. The van der Waals surface area contributed by atoms with Crippen LogP contribution in [0.2, 0.25) is 0 Å². The van der Waals surface area contributed by atoms with E-state index in [9.17, 15) is 14.0 Å². The number of aromatic nitrogens is 1. The molecule has 1 aromatic heterocycles. The maximum atomic E-state index is 13.1. The molecule has 2 amide bonds. The molecule has 0 bridgehead atoms. The van der Waals surface area contributed by atoms with Crippen LogP contribution in [0.3, 0.4) is 0 Å². The van der Waals surface area contributed by atoms with E-state index in [1.807, 2.05) is 28.5 Å². The summed E-state index contributed by atoms with van der Waals surface area (Å²) in [6.07, 6.45) is 0.918. The van der Waals surface area contributed by atoms with E-state index in [0.29, 0.717) is 36.6 Å². The third kappa shape index (κ3) is 5.46. The van der Waals surface area contributed by atoms with Crippen molar-refractivity contribution in [1.82, 2.24) is 9.88 Å². The zero-order valence-corrected chi connectivity index (χ0v) is 17.8. The molecule has 1 aliphatic rings. The highest BCUT2D eigenvalue weighted by Crippen LogP contribution is 2.19. The Labute approximate surface area is 184 Å². The largest absolute Gasteiger partial charge is 0.368 e. The van der Waals surface area contributed by atoms with Crippen LogP contribution in [-0.4, -0.2) is 47.9 Å². The number of piperazine rings is 1. The number of carbonyl (C=O) groups excluding carboxylic acids is 2. The van der Waals surface area contributed by atoms with E-state index in [4.69, 9.17) is 0 Å². The predicted molar refractivity (Wildman–Crippen MR) is 120 cm³/mol. The first kappa shape index (κ1) is 21.0. The van der Waals surface area contributed by atoms with E-state index in [-0.39, 0.29) is 17.6 Å². The van der Waals surface area contributed by atoms with Crippen LogP contribution in [0.15, 0.2) is 60.0 Å². The lowest BCUT2D eigenvalue weighted by molar-refractivity contribution is -0.131. The number of nitrogens with zero attached hydrogens (tertiary/aromatic N) is 3. The first-order valence-corrected chi connectivity index (χ1v) is 11.1. The number of amides is 2. The van der Waals surface area contributed by atoms with Crippen molar-refractivity contribution in [3.8, 4) is 0 Å². The molecule has 6 nitrogen and oxygen atoms in total. The van der Waals surface area contributed by atoms with Crippen molar-refractivity contribution in [3.63, 3.8) is 0 Å². The van der Waals surface area contributed by atoms with Crippen molar-refractivity contribution in [2.45, 2.75) is 12.8 Å². The molecule has 0 aliphatic carbocycles. The number of benzene rings is 2. The average Bonchev–Trinajstić information content (AvgIpc) is 3.26. The van der Waals surface area contributed by atoms with Crippen LogP contribution in [0, 0.1) is 5.82 Å². The van der Waals surface area contributed by atoms with Crippen molar-refractivity contribution in [2.75, 3.05) is 36.4 Å². The lowest BCUT2D eigenvalue weighted by Gasteiger charge is -2.36. The zero-order chi connectivity index (χ0) is 21.6. The second-order valence-corrected chi connectivity index (χ2v) is 8.17. The quantitative estimate of drug-likeness (QED) is 0.636. The molecule has 2 aromatic carbocycles. The van der Waals surface area contributed by atoms with E-state index in [1.165, 1.54) is 23.5 Å². The Bertz CT molecular complexity index is 1030. The maximum Gasteiger partial charge on any atom is 0.257 e. The van der Waals surface area contributed by atoms with Crippen molar-refractivity contribution in [2.24, 2.45) is 0 Å². The molecule has 31 heavy (non-hydrogen) atoms. The molecule has 8 heteroatoms. The van der Waals surface area contributed by atoms with Crippen LogP contribution >= 0.6 is 11.3 Å². The van der Waals surface area contributed by atoms with Crippen molar-refractivity contribution < 1.29 is 14.0 Å². The summed E-state index contributed by atoms with van der Waals surface area (Å²) in [7, 11) is 0. The Morgan fingerprint density at radius 2 is 1.71 bits per heavy atom. The molecule has 3 aromatic rings. The Morgan fingerprint density at radius 1 is 1.00 bits per heavy atom. The summed E-state index contributed by atoms with van der Waals surface area (Å²) in [5.41, 5.74) is 2.35. The van der Waals surface area contributed by atoms with Crippen LogP contribution in [0.5, 0.6) is 0 Å². The summed E-state index contributed by atoms with van der Waals surface area (Å²) in [6, 6.07) is 15.4. The number of halogens is 1. The first-order chi connectivity index (χ1) is 15.1. The van der Waals surface area contributed by atoms with Crippen LogP contribution in [0.4, 0.5) is 15.2 Å². The van der Waals surface area contributed by atoms with Gasteiger partial charge in [-0.2, -0.15) is 0 Å². The van der Waals surface area contributed by atoms with E-state index in [1.54, 1.807) is 24.3 Å². The molecule has 1 fully saturated rings. The van der Waals surface area contributed by atoms with E-state index >= 15 is 0 Å². The lowest BCUT2D eigenvalue weighted by Crippen LogP contribution is -2.48. The van der Waals surface area contributed by atoms with Crippen LogP contribution in [-0.2, 0) is 11.2 Å². The Kier molecular flexibility index (Phi) is 6.57. The number of anilines is 2. The van der Waals surface area contributed by atoms with Crippen LogP contribution in [0.25, 0.3) is 0 Å². The van der Waals surface area contributed by atoms with Crippen LogP contribution in [0.1, 0.15) is 22.5 Å². The van der Waals surface area contributed by atoms with Gasteiger partial charge in [0, 0.05) is 49.2 Å². The summed E-state index contributed by atoms with van der Waals surface area (Å²) in [6.45, 7) is 2.74. The van der Waals surface area contributed by atoms with Gasteiger partial charge in [0.1, 0.15) is 5.82 Å². The van der Waals surface area contributed by atoms with Gasteiger partial charge in [-0.25, -0.2) is 9.37 Å². The number of aryl methyl sites for hydroxylation is 1. The number of hydrogen-bond donors (Lipinski definition) is 1. The average molecular weight is 439 g/mol. The smallest absolute Gasteiger partial charge is 0.257 e. The minimum absolute atomic E-state index is 0.0987. The number of thiazole rings is 1. The topological polar surface area (TPSA) is 65.5 Å². The van der Waals surface area contributed by atoms with Gasteiger partial charge >= 0.3 is 0 Å². The van der Waals surface area contributed by atoms with Gasteiger partial charge in [-0.1, -0.05) is 18.2 Å². The summed E-state index contributed by atoms with van der Waals surface area (Å²) in [4.78, 5) is 33.3. The lowest BCUT2D eigenvalue weighted by atomic mass is 10.2. The Balaban J connectivity index is 1.23. The van der Waals surface area contributed by atoms with Gasteiger partial charge in [0.2, 0.25) is 5.91 Å². The molecule has 0 radical (unpaired) electrons. The predicted octanol–water partition coefficient (Wildman–Crippen LogP) is 3.82. The second kappa shape index (κ2) is 9.70. The molecule has 0 spiro atoms. The van der Waals surface area contributed by atoms with Crippen molar-refractivity contribution >= 4 is 34.0 Å². The number of nitrogens with one attached hydrogen (secondary N) is 1. The SMILES string of the molecule is O=C(Nc1nc(CCC(=O)N2CCN(c3ccc(F)cc3)CC2)cs1)c1ccccc1. The fraction of sp³-hybridized carbons (Fsp3) is 0.261. The first-order valence-electron chi connectivity index (χ1n) is 10.2. The highest BCUT2D eigenvalue weighted by Gasteiger charge is 2.21. The Hall–Kier alpha value is -3.26. The van der Waals surface area contributed by atoms with E-state index < -0.39 is 0 Å². The molecule has 160 valence electrons. The van der Waals surface area contributed by atoms with Gasteiger partial charge in [0.05, 0.1) is 5.69 Å². The number of hydrogen-bond acceptors (Lipinski definition) is 5. The number of carbonyl (C=O) groups is 2. The highest BCUT2D eigenvalue weighted by atomic mass is 32.1. The van der Waals surface area contributed by atoms with Gasteiger partial charge in [0.15, 0.2) is 5.13 Å². The maximum absolute atomic E-state index is 13.1. The summed E-state index contributed by atoms with van der Waals surface area (Å²) >= 11 is 1.36. The molecule has 1 N–H and O–H groups in total.